The minimum Gasteiger partial charge on any atom is -0.465 e. The molecular weight excluding hydrogens is 508 g/mol. The molecule has 7 nitrogen and oxygen atoms in total. The largest absolute Gasteiger partial charge is 0.465 e. The summed E-state index contributed by atoms with van der Waals surface area (Å²) in [4.78, 5) is 25.1. The Labute approximate surface area is 219 Å². The summed E-state index contributed by atoms with van der Waals surface area (Å²) in [5.74, 6) is -0.532. The maximum Gasteiger partial charge on any atom is 0.348 e. The van der Waals surface area contributed by atoms with Crippen molar-refractivity contribution in [2.45, 2.75) is 30.6 Å². The van der Waals surface area contributed by atoms with E-state index in [1.807, 2.05) is 36.4 Å². The monoisotopic (exact) mass is 534 g/mol. The Morgan fingerprint density at radius 3 is 2.59 bits per heavy atom. The molecule has 1 aromatic heterocycles. The molecule has 0 unspecified atom stereocenters. The zero-order valence-electron chi connectivity index (χ0n) is 20.3. The van der Waals surface area contributed by atoms with Crippen LogP contribution in [0.25, 0.3) is 10.1 Å². The maximum atomic E-state index is 13.3. The Balaban J connectivity index is 1.21. The predicted molar refractivity (Wildman–Crippen MR) is 146 cm³/mol. The fraction of sp³-hybridized carbons (Fsp3) is 0.214. The highest BCUT2D eigenvalue weighted by Crippen LogP contribution is 2.32. The van der Waals surface area contributed by atoms with Gasteiger partial charge in [-0.25, -0.2) is 13.2 Å². The fourth-order valence-electron chi connectivity index (χ4n) is 4.51. The SMILES string of the molecule is COC(=O)c1cc2cc(NC(=O)CCc3ccc(S(=O)(=O)N4CCCc5ccccc54)cc3)ccc2s1. The summed E-state index contributed by atoms with van der Waals surface area (Å²) >= 11 is 1.34. The van der Waals surface area contributed by atoms with Gasteiger partial charge in [0.1, 0.15) is 4.88 Å². The van der Waals surface area contributed by atoms with Crippen molar-refractivity contribution in [2.75, 3.05) is 23.3 Å². The number of hydrogen-bond acceptors (Lipinski definition) is 6. The van der Waals surface area contributed by atoms with E-state index in [1.54, 1.807) is 36.4 Å². The number of sulfonamides is 1. The number of amides is 1. The molecule has 190 valence electrons. The highest BCUT2D eigenvalue weighted by atomic mass is 32.2. The number of fused-ring (bicyclic) bond motifs is 2. The van der Waals surface area contributed by atoms with Gasteiger partial charge in [0.05, 0.1) is 17.7 Å². The lowest BCUT2D eigenvalue weighted by Crippen LogP contribution is -2.35. The zero-order chi connectivity index (χ0) is 26.0. The number of para-hydroxylation sites is 1. The van der Waals surface area contributed by atoms with E-state index in [4.69, 9.17) is 4.74 Å². The lowest BCUT2D eigenvalue weighted by Gasteiger charge is -2.30. The summed E-state index contributed by atoms with van der Waals surface area (Å²) in [6.07, 6.45) is 2.39. The Bertz CT molecular complexity index is 1580. The van der Waals surface area contributed by atoms with Crippen molar-refractivity contribution >= 4 is 54.7 Å². The highest BCUT2D eigenvalue weighted by Gasteiger charge is 2.28. The van der Waals surface area contributed by atoms with Crippen molar-refractivity contribution in [3.63, 3.8) is 0 Å². The van der Waals surface area contributed by atoms with Crippen molar-refractivity contribution in [2.24, 2.45) is 0 Å². The third-order valence-electron chi connectivity index (χ3n) is 6.41. The third kappa shape index (κ3) is 5.23. The molecule has 3 aromatic carbocycles. The molecule has 0 bridgehead atoms. The van der Waals surface area contributed by atoms with Gasteiger partial charge < -0.3 is 10.1 Å². The first-order chi connectivity index (χ1) is 17.8. The van der Waals surface area contributed by atoms with Gasteiger partial charge in [-0.05, 0) is 78.2 Å². The minimum absolute atomic E-state index is 0.149. The normalized spacial score (nSPS) is 13.3. The number of aryl methyl sites for hydroxylation is 2. The molecule has 37 heavy (non-hydrogen) atoms. The number of hydrogen-bond donors (Lipinski definition) is 1. The number of methoxy groups -OCH3 is 1. The summed E-state index contributed by atoms with van der Waals surface area (Å²) < 4.78 is 33.8. The zero-order valence-corrected chi connectivity index (χ0v) is 21.9. The Hall–Kier alpha value is -3.69. The number of benzene rings is 3. The molecule has 5 rings (SSSR count). The molecular formula is C28H26N2O5S2. The number of rotatable bonds is 7. The van der Waals surface area contributed by atoms with Crippen LogP contribution in [-0.2, 0) is 32.4 Å². The van der Waals surface area contributed by atoms with Crippen LogP contribution in [-0.4, -0.2) is 33.9 Å². The number of ether oxygens (including phenoxy) is 1. The third-order valence-corrected chi connectivity index (χ3v) is 9.33. The molecule has 0 radical (unpaired) electrons. The van der Waals surface area contributed by atoms with Crippen LogP contribution in [0.2, 0.25) is 0 Å². The number of carbonyl (C=O) groups is 2. The summed E-state index contributed by atoms with van der Waals surface area (Å²) in [6.45, 7) is 0.461. The van der Waals surface area contributed by atoms with Crippen molar-refractivity contribution < 1.29 is 22.7 Å². The summed E-state index contributed by atoms with van der Waals surface area (Å²) in [6, 6.07) is 21.6. The van der Waals surface area contributed by atoms with Gasteiger partial charge in [-0.1, -0.05) is 30.3 Å². The molecule has 4 aromatic rings. The van der Waals surface area contributed by atoms with Crippen molar-refractivity contribution in [3.8, 4) is 0 Å². The van der Waals surface area contributed by atoms with E-state index in [1.165, 1.54) is 22.8 Å². The van der Waals surface area contributed by atoms with Crippen LogP contribution in [0.4, 0.5) is 11.4 Å². The van der Waals surface area contributed by atoms with Gasteiger partial charge in [0.2, 0.25) is 5.91 Å². The molecule has 1 amide bonds. The van der Waals surface area contributed by atoms with Gasteiger partial charge in [0.15, 0.2) is 0 Å². The minimum atomic E-state index is -3.66. The van der Waals surface area contributed by atoms with Gasteiger partial charge in [-0.2, -0.15) is 0 Å². The lowest BCUT2D eigenvalue weighted by atomic mass is 10.0. The molecule has 0 atom stereocenters. The molecule has 0 spiro atoms. The van der Waals surface area contributed by atoms with Crippen molar-refractivity contribution in [1.29, 1.82) is 0 Å². The average Bonchev–Trinajstić information content (AvgIpc) is 3.35. The number of nitrogens with one attached hydrogen (secondary N) is 1. The van der Waals surface area contributed by atoms with Gasteiger partial charge in [-0.15, -0.1) is 11.3 Å². The van der Waals surface area contributed by atoms with Crippen LogP contribution in [0.15, 0.2) is 77.7 Å². The highest BCUT2D eigenvalue weighted by molar-refractivity contribution is 7.92. The van der Waals surface area contributed by atoms with Gasteiger partial charge in [-0.3, -0.25) is 9.10 Å². The number of esters is 1. The number of carbonyl (C=O) groups excluding carboxylic acids is 2. The smallest absolute Gasteiger partial charge is 0.348 e. The van der Waals surface area contributed by atoms with E-state index < -0.39 is 10.0 Å². The molecule has 0 saturated heterocycles. The van der Waals surface area contributed by atoms with Gasteiger partial charge in [0.25, 0.3) is 10.0 Å². The molecule has 2 heterocycles. The van der Waals surface area contributed by atoms with Crippen LogP contribution >= 0.6 is 11.3 Å². The second-order valence-corrected chi connectivity index (χ2v) is 11.8. The first-order valence-electron chi connectivity index (χ1n) is 12.0. The summed E-state index contributed by atoms with van der Waals surface area (Å²) in [5.41, 5.74) is 3.32. The molecule has 0 fully saturated rings. The predicted octanol–water partition coefficient (Wildman–Crippen LogP) is 5.40. The van der Waals surface area contributed by atoms with Crippen molar-refractivity contribution in [1.82, 2.24) is 0 Å². The van der Waals surface area contributed by atoms with Gasteiger partial charge >= 0.3 is 5.97 Å². The standard InChI is InChI=1S/C28H26N2O5S2/c1-35-28(32)26-18-21-17-22(11-14-25(21)36-26)29-27(31)15-10-19-8-12-23(13-9-19)37(33,34)30-16-4-6-20-5-2-3-7-24(20)30/h2-3,5,7-9,11-14,17-18H,4,6,10,15-16H2,1H3,(H,29,31). The maximum absolute atomic E-state index is 13.3. The van der Waals surface area contributed by atoms with Crippen LogP contribution in [0, 0.1) is 0 Å². The van der Waals surface area contributed by atoms with E-state index in [0.717, 1.165) is 39.7 Å². The van der Waals surface area contributed by atoms with Crippen LogP contribution in [0.3, 0.4) is 0 Å². The van der Waals surface area contributed by atoms with Crippen molar-refractivity contribution in [3.05, 3.63) is 88.8 Å². The van der Waals surface area contributed by atoms with E-state index in [2.05, 4.69) is 5.32 Å². The first kappa shape index (κ1) is 25.0. The van der Waals surface area contributed by atoms with Crippen LogP contribution in [0.1, 0.15) is 33.6 Å². The molecule has 0 aliphatic carbocycles. The Morgan fingerprint density at radius 2 is 1.81 bits per heavy atom. The average molecular weight is 535 g/mol. The molecule has 1 N–H and O–H groups in total. The number of nitrogens with zero attached hydrogens (tertiary/aromatic N) is 1. The van der Waals surface area contributed by atoms with E-state index in [-0.39, 0.29) is 23.2 Å². The van der Waals surface area contributed by atoms with E-state index >= 15 is 0 Å². The number of anilines is 2. The second kappa shape index (κ2) is 10.4. The lowest BCUT2D eigenvalue weighted by molar-refractivity contribution is -0.116. The fourth-order valence-corrected chi connectivity index (χ4v) is 7.01. The van der Waals surface area contributed by atoms with Crippen LogP contribution in [0.5, 0.6) is 0 Å². The molecule has 1 aliphatic heterocycles. The van der Waals surface area contributed by atoms with E-state index in [0.29, 0.717) is 23.5 Å². The quantitative estimate of drug-likeness (QED) is 0.321. The molecule has 0 saturated carbocycles. The topological polar surface area (TPSA) is 92.8 Å². The number of thiophene rings is 1. The van der Waals surface area contributed by atoms with E-state index in [9.17, 15) is 18.0 Å². The second-order valence-electron chi connectivity index (χ2n) is 8.86. The molecule has 1 aliphatic rings. The Kier molecular flexibility index (Phi) is 6.99. The molecule has 9 heteroatoms. The van der Waals surface area contributed by atoms with Crippen LogP contribution < -0.4 is 9.62 Å². The first-order valence-corrected chi connectivity index (χ1v) is 14.2. The summed E-state index contributed by atoms with van der Waals surface area (Å²) in [7, 11) is -2.32. The Morgan fingerprint density at radius 1 is 1.03 bits per heavy atom. The summed E-state index contributed by atoms with van der Waals surface area (Å²) in [5, 5.41) is 3.75. The van der Waals surface area contributed by atoms with Gasteiger partial charge in [0, 0.05) is 23.4 Å².